The van der Waals surface area contributed by atoms with Gasteiger partial charge >= 0.3 is 0 Å². The van der Waals surface area contributed by atoms with Gasteiger partial charge in [0.25, 0.3) is 10.0 Å². The molecule has 3 rings (SSSR count). The summed E-state index contributed by atoms with van der Waals surface area (Å²) in [6.07, 6.45) is -0.151. The van der Waals surface area contributed by atoms with Crippen LogP contribution in [0.4, 0.5) is 11.4 Å². The number of benzene rings is 2. The first kappa shape index (κ1) is 18.3. The van der Waals surface area contributed by atoms with Crippen LogP contribution in [0.3, 0.4) is 0 Å². The van der Waals surface area contributed by atoms with Crippen LogP contribution in [0.1, 0.15) is 25.0 Å². The molecule has 0 unspecified atom stereocenters. The molecule has 0 saturated carbocycles. The van der Waals surface area contributed by atoms with Crippen LogP contribution in [0.25, 0.3) is 0 Å². The number of carbonyl (C=O) groups excluding carboxylic acids is 1. The molecule has 0 bridgehead atoms. The summed E-state index contributed by atoms with van der Waals surface area (Å²) in [6, 6.07) is 10.1. The van der Waals surface area contributed by atoms with E-state index in [2.05, 4.69) is 4.72 Å². The third-order valence-corrected chi connectivity index (χ3v) is 5.67. The van der Waals surface area contributed by atoms with Crippen LogP contribution in [0.15, 0.2) is 41.3 Å². The molecule has 26 heavy (non-hydrogen) atoms. The number of nitrogens with one attached hydrogen (secondary N) is 1. The maximum atomic E-state index is 12.8. The molecule has 138 valence electrons. The maximum absolute atomic E-state index is 12.8. The van der Waals surface area contributed by atoms with E-state index in [0.717, 1.165) is 11.1 Å². The largest absolute Gasteiger partial charge is 0.487 e. The summed E-state index contributed by atoms with van der Waals surface area (Å²) in [5, 5.41) is 0. The Balaban J connectivity index is 1.98. The van der Waals surface area contributed by atoms with Gasteiger partial charge in [-0.1, -0.05) is 17.7 Å². The van der Waals surface area contributed by atoms with E-state index in [1.54, 1.807) is 17.0 Å². The highest BCUT2D eigenvalue weighted by atomic mass is 32.2. The van der Waals surface area contributed by atoms with Crippen molar-refractivity contribution in [3.63, 3.8) is 0 Å². The van der Waals surface area contributed by atoms with Gasteiger partial charge in [0.15, 0.2) is 0 Å². The average Bonchev–Trinajstić information content (AvgIpc) is 2.56. The van der Waals surface area contributed by atoms with E-state index in [4.69, 9.17) is 4.74 Å². The molecule has 1 aliphatic heterocycles. The van der Waals surface area contributed by atoms with Gasteiger partial charge in [0.05, 0.1) is 22.8 Å². The number of carbonyl (C=O) groups is 1. The Morgan fingerprint density at radius 2 is 1.92 bits per heavy atom. The molecule has 1 N–H and O–H groups in total. The van der Waals surface area contributed by atoms with Crippen LogP contribution in [0.2, 0.25) is 0 Å². The minimum atomic E-state index is -3.79. The summed E-state index contributed by atoms with van der Waals surface area (Å²) in [4.78, 5) is 13.6. The predicted molar refractivity (Wildman–Crippen MR) is 101 cm³/mol. The number of hydrogen-bond acceptors (Lipinski definition) is 4. The lowest BCUT2D eigenvalue weighted by Crippen LogP contribution is -2.41. The van der Waals surface area contributed by atoms with Crippen molar-refractivity contribution >= 4 is 27.3 Å². The first-order valence-corrected chi connectivity index (χ1v) is 9.84. The molecule has 2 aromatic carbocycles. The van der Waals surface area contributed by atoms with Crippen LogP contribution in [0.5, 0.6) is 5.75 Å². The maximum Gasteiger partial charge on any atom is 0.261 e. The lowest BCUT2D eigenvalue weighted by molar-refractivity contribution is -0.117. The van der Waals surface area contributed by atoms with Gasteiger partial charge < -0.3 is 9.64 Å². The minimum Gasteiger partial charge on any atom is -0.487 e. The summed E-state index contributed by atoms with van der Waals surface area (Å²) in [5.41, 5.74) is 2.90. The van der Waals surface area contributed by atoms with E-state index < -0.39 is 10.0 Å². The third-order valence-electron chi connectivity index (χ3n) is 4.31. The fraction of sp³-hybridized carbons (Fsp3) is 0.316. The summed E-state index contributed by atoms with van der Waals surface area (Å²) in [6.45, 7) is 7.51. The highest BCUT2D eigenvalue weighted by molar-refractivity contribution is 7.92. The molecular formula is C19H22N2O4S. The van der Waals surface area contributed by atoms with Gasteiger partial charge in [-0.15, -0.1) is 0 Å². The van der Waals surface area contributed by atoms with E-state index in [-0.39, 0.29) is 16.9 Å². The van der Waals surface area contributed by atoms with Crippen molar-refractivity contribution in [1.29, 1.82) is 0 Å². The van der Waals surface area contributed by atoms with Crippen molar-refractivity contribution in [2.24, 2.45) is 0 Å². The van der Waals surface area contributed by atoms with Crippen LogP contribution >= 0.6 is 0 Å². The molecule has 7 heteroatoms. The van der Waals surface area contributed by atoms with Crippen molar-refractivity contribution in [2.75, 3.05) is 16.2 Å². The van der Waals surface area contributed by atoms with Crippen molar-refractivity contribution in [3.8, 4) is 5.75 Å². The molecule has 1 amide bonds. The van der Waals surface area contributed by atoms with Crippen LogP contribution in [-0.2, 0) is 14.8 Å². The smallest absolute Gasteiger partial charge is 0.261 e. The van der Waals surface area contributed by atoms with Gasteiger partial charge in [-0.2, -0.15) is 0 Å². The number of sulfonamides is 1. The Morgan fingerprint density at radius 1 is 1.19 bits per heavy atom. The Bertz CT molecular complexity index is 969. The summed E-state index contributed by atoms with van der Waals surface area (Å²) in [7, 11) is -3.79. The first-order valence-electron chi connectivity index (χ1n) is 8.36. The molecule has 1 heterocycles. The van der Waals surface area contributed by atoms with E-state index in [1.807, 2.05) is 32.9 Å². The molecular weight excluding hydrogens is 352 g/mol. The monoisotopic (exact) mass is 374 g/mol. The number of rotatable bonds is 3. The van der Waals surface area contributed by atoms with Crippen molar-refractivity contribution in [2.45, 2.75) is 38.7 Å². The lowest BCUT2D eigenvalue weighted by atomic mass is 10.1. The van der Waals surface area contributed by atoms with Gasteiger partial charge in [-0.3, -0.25) is 9.52 Å². The Hall–Kier alpha value is -2.54. The van der Waals surface area contributed by atoms with Gasteiger partial charge in [-0.25, -0.2) is 8.42 Å². The van der Waals surface area contributed by atoms with E-state index >= 15 is 0 Å². The summed E-state index contributed by atoms with van der Waals surface area (Å²) >= 11 is 0. The molecule has 6 nitrogen and oxygen atoms in total. The van der Waals surface area contributed by atoms with Crippen molar-refractivity contribution < 1.29 is 17.9 Å². The topological polar surface area (TPSA) is 75.7 Å². The number of amides is 1. The van der Waals surface area contributed by atoms with E-state index in [9.17, 15) is 13.2 Å². The van der Waals surface area contributed by atoms with Crippen molar-refractivity contribution in [1.82, 2.24) is 0 Å². The Morgan fingerprint density at radius 3 is 2.58 bits per heavy atom. The molecule has 0 spiro atoms. The van der Waals surface area contributed by atoms with Gasteiger partial charge in [0, 0.05) is 6.92 Å². The number of aryl methyl sites for hydroxylation is 2. The second-order valence-electron chi connectivity index (χ2n) is 6.61. The number of anilines is 2. The normalized spacial score (nSPS) is 16.6. The molecule has 0 radical (unpaired) electrons. The SMILES string of the molecule is CC(=O)N1C[C@H](C)Oc2ccc(S(=O)(=O)Nc3ccc(C)cc3C)cc21. The standard InChI is InChI=1S/C19H22N2O4S/c1-12-5-7-17(13(2)9-12)20-26(23,24)16-6-8-19-18(10-16)21(15(4)22)11-14(3)25-19/h5-10,14,20H,11H2,1-4H3/t14-/m0/s1. The second-order valence-corrected chi connectivity index (χ2v) is 8.29. The first-order chi connectivity index (χ1) is 12.2. The highest BCUT2D eigenvalue weighted by Gasteiger charge is 2.28. The summed E-state index contributed by atoms with van der Waals surface area (Å²) < 4.78 is 34.0. The van der Waals surface area contributed by atoms with Gasteiger partial charge in [0.1, 0.15) is 11.9 Å². The molecule has 1 aliphatic rings. The zero-order chi connectivity index (χ0) is 19.1. The zero-order valence-corrected chi connectivity index (χ0v) is 16.1. The molecule has 0 aromatic heterocycles. The summed E-state index contributed by atoms with van der Waals surface area (Å²) in [5.74, 6) is 0.350. The Kier molecular flexibility index (Phi) is 4.66. The molecule has 0 saturated heterocycles. The Labute approximate surface area is 153 Å². The average molecular weight is 374 g/mol. The third kappa shape index (κ3) is 3.53. The van der Waals surface area contributed by atoms with Gasteiger partial charge in [0.2, 0.25) is 5.91 Å². The van der Waals surface area contributed by atoms with E-state index in [1.165, 1.54) is 19.1 Å². The quantitative estimate of drug-likeness (QED) is 0.895. The number of fused-ring (bicyclic) bond motifs is 1. The molecule has 0 aliphatic carbocycles. The predicted octanol–water partition coefficient (Wildman–Crippen LogP) is 3.24. The van der Waals surface area contributed by atoms with Gasteiger partial charge in [-0.05, 0) is 50.6 Å². The number of ether oxygens (including phenoxy) is 1. The second kappa shape index (κ2) is 6.64. The fourth-order valence-corrected chi connectivity index (χ4v) is 4.16. The molecule has 2 aromatic rings. The highest BCUT2D eigenvalue weighted by Crippen LogP contribution is 2.36. The molecule has 0 fully saturated rings. The van der Waals surface area contributed by atoms with Crippen LogP contribution < -0.4 is 14.4 Å². The lowest BCUT2D eigenvalue weighted by Gasteiger charge is -2.33. The zero-order valence-electron chi connectivity index (χ0n) is 15.2. The van der Waals surface area contributed by atoms with E-state index in [0.29, 0.717) is 23.7 Å². The number of hydrogen-bond donors (Lipinski definition) is 1. The molecule has 1 atom stereocenters. The van der Waals surface area contributed by atoms with Crippen LogP contribution in [0, 0.1) is 13.8 Å². The fourth-order valence-electron chi connectivity index (χ4n) is 3.01. The van der Waals surface area contributed by atoms with Crippen molar-refractivity contribution in [3.05, 3.63) is 47.5 Å². The van der Waals surface area contributed by atoms with Crippen LogP contribution in [-0.4, -0.2) is 27.0 Å². The minimum absolute atomic E-state index is 0.0839. The number of nitrogens with zero attached hydrogens (tertiary/aromatic N) is 1.